The number of aryl methyl sites for hydroxylation is 1. The Hall–Kier alpha value is -2.07. The number of aromatic nitrogens is 2. The van der Waals surface area contributed by atoms with E-state index < -0.39 is 5.82 Å². The quantitative estimate of drug-likeness (QED) is 0.763. The number of halogens is 2. The molecule has 1 heterocycles. The van der Waals surface area contributed by atoms with Gasteiger partial charge in [0.2, 0.25) is 5.95 Å². The average molecular weight is 276 g/mol. The molecule has 3 nitrogen and oxygen atoms in total. The van der Waals surface area contributed by atoms with Gasteiger partial charge in [-0.1, -0.05) is 23.7 Å². The molecule has 0 saturated heterocycles. The third-order valence-electron chi connectivity index (χ3n) is 2.96. The number of nitrogens with one attached hydrogen (secondary N) is 1. The number of rotatable bonds is 2. The minimum absolute atomic E-state index is 0.0868. The lowest BCUT2D eigenvalue weighted by Gasteiger charge is -2.06. The molecule has 0 bridgehead atoms. The fraction of sp³-hybridized carbons (Fsp3) is 0.0714. The summed E-state index contributed by atoms with van der Waals surface area (Å²) in [6, 6.07) is 12.3. The van der Waals surface area contributed by atoms with Crippen LogP contribution in [0.5, 0.6) is 0 Å². The van der Waals surface area contributed by atoms with E-state index in [1.165, 1.54) is 12.1 Å². The van der Waals surface area contributed by atoms with Crippen LogP contribution in [0.15, 0.2) is 42.5 Å². The molecule has 0 radical (unpaired) electrons. The van der Waals surface area contributed by atoms with Crippen LogP contribution in [0.1, 0.15) is 0 Å². The molecule has 2 aromatic carbocycles. The topological polar surface area (TPSA) is 29.9 Å². The predicted molar refractivity (Wildman–Crippen MR) is 75.4 cm³/mol. The molecular weight excluding hydrogens is 265 g/mol. The molecular formula is C14H11ClFN3. The molecule has 0 atom stereocenters. The summed E-state index contributed by atoms with van der Waals surface area (Å²) >= 11 is 5.76. The van der Waals surface area contributed by atoms with E-state index in [1.54, 1.807) is 6.07 Å². The van der Waals surface area contributed by atoms with Gasteiger partial charge in [-0.25, -0.2) is 9.37 Å². The van der Waals surface area contributed by atoms with Crippen LogP contribution >= 0.6 is 11.6 Å². The maximum Gasteiger partial charge on any atom is 0.208 e. The Kier molecular flexibility index (Phi) is 2.87. The Labute approximate surface area is 114 Å². The van der Waals surface area contributed by atoms with Crippen LogP contribution in [0.4, 0.5) is 16.0 Å². The molecule has 3 aromatic rings. The van der Waals surface area contributed by atoms with Gasteiger partial charge < -0.3 is 9.88 Å². The molecule has 0 spiro atoms. The molecule has 0 aliphatic carbocycles. The second-order valence-corrected chi connectivity index (χ2v) is 4.64. The summed E-state index contributed by atoms with van der Waals surface area (Å²) in [7, 11) is 1.92. The number of para-hydroxylation sites is 2. The highest BCUT2D eigenvalue weighted by Gasteiger charge is 2.08. The predicted octanol–water partition coefficient (Wildman–Crippen LogP) is 4.11. The lowest BCUT2D eigenvalue weighted by atomic mass is 10.3. The van der Waals surface area contributed by atoms with Gasteiger partial charge in [-0.2, -0.15) is 0 Å². The van der Waals surface area contributed by atoms with E-state index in [2.05, 4.69) is 10.3 Å². The van der Waals surface area contributed by atoms with Gasteiger partial charge in [0.25, 0.3) is 0 Å². The highest BCUT2D eigenvalue weighted by molar-refractivity contribution is 6.31. The zero-order valence-electron chi connectivity index (χ0n) is 10.2. The van der Waals surface area contributed by atoms with Crippen LogP contribution in [0.25, 0.3) is 11.0 Å². The molecule has 5 heteroatoms. The van der Waals surface area contributed by atoms with Crippen molar-refractivity contribution in [2.75, 3.05) is 5.32 Å². The summed E-state index contributed by atoms with van der Waals surface area (Å²) in [5.74, 6) is 0.251. The number of anilines is 2. The monoisotopic (exact) mass is 275 g/mol. The third kappa shape index (κ3) is 2.15. The number of fused-ring (bicyclic) bond motifs is 1. The van der Waals surface area contributed by atoms with Crippen molar-refractivity contribution in [2.24, 2.45) is 7.05 Å². The largest absolute Gasteiger partial charge is 0.326 e. The first-order valence-corrected chi connectivity index (χ1v) is 6.16. The number of imidazole rings is 1. The van der Waals surface area contributed by atoms with Crippen LogP contribution in [0, 0.1) is 5.82 Å². The highest BCUT2D eigenvalue weighted by Crippen LogP contribution is 2.24. The van der Waals surface area contributed by atoms with Gasteiger partial charge in [0.05, 0.1) is 16.1 Å². The van der Waals surface area contributed by atoms with Crippen molar-refractivity contribution in [2.45, 2.75) is 0 Å². The van der Waals surface area contributed by atoms with E-state index in [0.717, 1.165) is 11.0 Å². The van der Waals surface area contributed by atoms with Gasteiger partial charge in [-0.05, 0) is 30.3 Å². The zero-order chi connectivity index (χ0) is 13.4. The smallest absolute Gasteiger partial charge is 0.208 e. The molecule has 19 heavy (non-hydrogen) atoms. The Morgan fingerprint density at radius 2 is 2.00 bits per heavy atom. The minimum Gasteiger partial charge on any atom is -0.326 e. The maximum absolute atomic E-state index is 13.1. The molecule has 0 aliphatic rings. The molecule has 1 aromatic heterocycles. The first-order chi connectivity index (χ1) is 9.15. The van der Waals surface area contributed by atoms with E-state index >= 15 is 0 Å². The number of benzene rings is 2. The van der Waals surface area contributed by atoms with Gasteiger partial charge in [0.1, 0.15) is 5.82 Å². The summed E-state index contributed by atoms with van der Waals surface area (Å²) in [5, 5.41) is 3.22. The second kappa shape index (κ2) is 4.55. The Balaban J connectivity index is 2.01. The van der Waals surface area contributed by atoms with Crippen LogP contribution in [-0.2, 0) is 7.05 Å². The number of hydrogen-bond donors (Lipinski definition) is 1. The van der Waals surface area contributed by atoms with E-state index in [0.29, 0.717) is 11.6 Å². The number of nitrogens with zero attached hydrogens (tertiary/aromatic N) is 2. The summed E-state index contributed by atoms with van der Waals surface area (Å²) in [6.07, 6.45) is 0. The van der Waals surface area contributed by atoms with Crippen molar-refractivity contribution in [3.05, 3.63) is 53.3 Å². The molecule has 0 fully saturated rings. The summed E-state index contributed by atoms with van der Waals surface area (Å²) in [5.41, 5.74) is 2.63. The van der Waals surface area contributed by atoms with Crippen molar-refractivity contribution in [3.63, 3.8) is 0 Å². The highest BCUT2D eigenvalue weighted by atomic mass is 35.5. The standard InChI is InChI=1S/C14H11ClFN3/c1-19-13-5-3-2-4-12(13)18-14(19)17-9-6-7-11(16)10(15)8-9/h2-8H,1H3,(H,17,18). The maximum atomic E-state index is 13.1. The van der Waals surface area contributed by atoms with Crippen LogP contribution in [0.2, 0.25) is 5.02 Å². The molecule has 0 unspecified atom stereocenters. The molecule has 0 saturated carbocycles. The van der Waals surface area contributed by atoms with E-state index in [1.807, 2.05) is 35.9 Å². The van der Waals surface area contributed by atoms with Gasteiger partial charge in [0, 0.05) is 12.7 Å². The summed E-state index contributed by atoms with van der Waals surface area (Å²) < 4.78 is 15.0. The fourth-order valence-corrected chi connectivity index (χ4v) is 2.14. The fourth-order valence-electron chi connectivity index (χ4n) is 1.96. The van der Waals surface area contributed by atoms with Crippen molar-refractivity contribution in [1.29, 1.82) is 0 Å². The molecule has 1 N–H and O–H groups in total. The van der Waals surface area contributed by atoms with Crippen molar-refractivity contribution >= 4 is 34.3 Å². The second-order valence-electron chi connectivity index (χ2n) is 4.24. The molecule has 0 amide bonds. The molecule has 3 rings (SSSR count). The van der Waals surface area contributed by atoms with Crippen molar-refractivity contribution in [3.8, 4) is 0 Å². The normalized spacial score (nSPS) is 10.9. The van der Waals surface area contributed by atoms with E-state index in [-0.39, 0.29) is 5.02 Å². The molecule has 96 valence electrons. The lowest BCUT2D eigenvalue weighted by molar-refractivity contribution is 0.628. The van der Waals surface area contributed by atoms with Gasteiger partial charge >= 0.3 is 0 Å². The minimum atomic E-state index is -0.433. The Bertz CT molecular complexity index is 752. The summed E-state index contributed by atoms with van der Waals surface area (Å²) in [6.45, 7) is 0. The van der Waals surface area contributed by atoms with Gasteiger partial charge in [0.15, 0.2) is 0 Å². The van der Waals surface area contributed by atoms with Crippen LogP contribution < -0.4 is 5.32 Å². The van der Waals surface area contributed by atoms with Crippen molar-refractivity contribution < 1.29 is 4.39 Å². The van der Waals surface area contributed by atoms with Crippen LogP contribution in [-0.4, -0.2) is 9.55 Å². The number of hydrogen-bond acceptors (Lipinski definition) is 2. The van der Waals surface area contributed by atoms with E-state index in [9.17, 15) is 4.39 Å². The Morgan fingerprint density at radius 3 is 2.74 bits per heavy atom. The average Bonchev–Trinajstić information content (AvgIpc) is 2.72. The first-order valence-electron chi connectivity index (χ1n) is 5.78. The Morgan fingerprint density at radius 1 is 1.21 bits per heavy atom. The first kappa shape index (κ1) is 12.0. The summed E-state index contributed by atoms with van der Waals surface area (Å²) in [4.78, 5) is 4.47. The lowest BCUT2D eigenvalue weighted by Crippen LogP contribution is -1.99. The van der Waals surface area contributed by atoms with Gasteiger partial charge in [-0.15, -0.1) is 0 Å². The third-order valence-corrected chi connectivity index (χ3v) is 3.25. The van der Waals surface area contributed by atoms with Crippen molar-refractivity contribution in [1.82, 2.24) is 9.55 Å². The van der Waals surface area contributed by atoms with E-state index in [4.69, 9.17) is 11.6 Å². The molecule has 0 aliphatic heterocycles. The van der Waals surface area contributed by atoms with Gasteiger partial charge in [-0.3, -0.25) is 0 Å². The van der Waals surface area contributed by atoms with Crippen LogP contribution in [0.3, 0.4) is 0 Å². The SMILES string of the molecule is Cn1c(Nc2ccc(F)c(Cl)c2)nc2ccccc21. The zero-order valence-corrected chi connectivity index (χ0v) is 10.9.